The summed E-state index contributed by atoms with van der Waals surface area (Å²) in [7, 11) is 0. The van der Waals surface area contributed by atoms with Gasteiger partial charge in [0.1, 0.15) is 11.2 Å². The molecule has 11 aromatic rings. The van der Waals surface area contributed by atoms with Crippen molar-refractivity contribution in [1.82, 2.24) is 4.98 Å². The first-order valence-corrected chi connectivity index (χ1v) is 27.8. The molecule has 0 bridgehead atoms. The van der Waals surface area contributed by atoms with E-state index >= 15 is 0 Å². The van der Waals surface area contributed by atoms with Gasteiger partial charge in [-0.2, -0.15) is 0 Å². The molecule has 9 aromatic carbocycles. The molecule has 2 aliphatic rings. The number of anilines is 6. The highest BCUT2D eigenvalue weighted by Crippen LogP contribution is 2.67. The van der Waals surface area contributed by atoms with Crippen molar-refractivity contribution in [3.8, 4) is 22.3 Å². The maximum atomic E-state index is 7.49. The van der Waals surface area contributed by atoms with Crippen molar-refractivity contribution in [2.24, 2.45) is 0 Å². The van der Waals surface area contributed by atoms with E-state index in [1.807, 2.05) is 18.5 Å². The van der Waals surface area contributed by atoms with Crippen molar-refractivity contribution in [2.75, 3.05) is 9.80 Å². The van der Waals surface area contributed by atoms with Gasteiger partial charge < -0.3 is 14.2 Å². The van der Waals surface area contributed by atoms with Crippen LogP contribution in [0.25, 0.3) is 55.0 Å². The Morgan fingerprint density at radius 3 is 1.21 bits per heavy atom. The summed E-state index contributed by atoms with van der Waals surface area (Å²) < 4.78 is 7.49. The van der Waals surface area contributed by atoms with Gasteiger partial charge in [-0.3, -0.25) is 4.98 Å². The summed E-state index contributed by atoms with van der Waals surface area (Å²) in [5.74, 6) is 0. The molecule has 0 saturated carbocycles. The number of fused-ring (bicyclic) bond motifs is 16. The highest BCUT2D eigenvalue weighted by atomic mass is 16.3. The van der Waals surface area contributed by atoms with Crippen LogP contribution in [0, 0.1) is 0 Å². The van der Waals surface area contributed by atoms with Crippen molar-refractivity contribution in [3.63, 3.8) is 0 Å². The third kappa shape index (κ3) is 7.58. The Hall–Kier alpha value is -8.21. The number of aromatic nitrogens is 1. The van der Waals surface area contributed by atoms with Gasteiger partial charge in [0, 0.05) is 51.5 Å². The van der Waals surface area contributed by atoms with Gasteiger partial charge in [-0.15, -0.1) is 0 Å². The second-order valence-corrected chi connectivity index (χ2v) is 26.1. The molecule has 386 valence electrons. The summed E-state index contributed by atoms with van der Waals surface area (Å²) >= 11 is 0. The molecule has 0 radical (unpaired) electrons. The monoisotopic (exact) mass is 1020 g/mol. The van der Waals surface area contributed by atoms with Crippen LogP contribution >= 0.6 is 0 Å². The number of furan rings is 1. The molecule has 78 heavy (non-hydrogen) atoms. The fourth-order valence-corrected chi connectivity index (χ4v) is 12.9. The minimum absolute atomic E-state index is 0.00234. The van der Waals surface area contributed by atoms with E-state index in [-0.39, 0.29) is 21.7 Å². The number of nitrogens with zero attached hydrogens (tertiary/aromatic N) is 3. The predicted molar refractivity (Wildman–Crippen MR) is 329 cm³/mol. The van der Waals surface area contributed by atoms with Gasteiger partial charge in [-0.25, -0.2) is 0 Å². The summed E-state index contributed by atoms with van der Waals surface area (Å²) in [5.41, 5.74) is 22.3. The lowest BCUT2D eigenvalue weighted by molar-refractivity contribution is 0.590. The summed E-state index contributed by atoms with van der Waals surface area (Å²) in [6.07, 6.45) is 3.86. The van der Waals surface area contributed by atoms with Crippen LogP contribution < -0.4 is 9.80 Å². The van der Waals surface area contributed by atoms with Crippen LogP contribution in [0.2, 0.25) is 0 Å². The van der Waals surface area contributed by atoms with E-state index < -0.39 is 5.41 Å². The fraction of sp³-hybridized carbons (Fsp3) is 0.230. The SMILES string of the molecule is CC(C)(C)c1ccc(N(c2ccc(C(C)(C)C)cc2)c2cc3c(c4ccccc24)-c2c(cc(N(c4ccc(C(C)(C)C)cc4)c4ccc(C(C)(C)C)cc4)c4c2oc2ccncc24)C32c3ccccc3-c3ccccc32)cc1. The maximum Gasteiger partial charge on any atom is 0.145 e. The molecule has 4 heteroatoms. The van der Waals surface area contributed by atoms with Gasteiger partial charge in [-0.1, -0.05) is 204 Å². The standard InChI is InChI=1S/C74H69N3O/c1-70(2,3)46-25-33-50(34-26-46)76(51-35-27-47(28-36-51)71(4,5)6)63-43-61-66(57-22-14-13-21-56(57)63)68-62(74(61)59-23-17-15-19-54(59)55-20-16-18-24-60(55)74)44-64(67-58-45-75-42-41-65(58)78-69(67)68)77(52-37-29-48(30-38-52)72(7,8)9)53-39-31-49(32-40-53)73(10,11)12/h13-45H,1-12H3. The van der Waals surface area contributed by atoms with Gasteiger partial charge in [0.15, 0.2) is 0 Å². The zero-order chi connectivity index (χ0) is 54.3. The van der Waals surface area contributed by atoms with Crippen molar-refractivity contribution >= 4 is 66.8 Å². The van der Waals surface area contributed by atoms with Gasteiger partial charge >= 0.3 is 0 Å². The highest BCUT2D eigenvalue weighted by Gasteiger charge is 2.54. The topological polar surface area (TPSA) is 32.5 Å². The van der Waals surface area contributed by atoms with Crippen LogP contribution in [0.15, 0.2) is 205 Å². The Bertz CT molecular complexity index is 3990. The lowest BCUT2D eigenvalue weighted by Crippen LogP contribution is -2.26. The van der Waals surface area contributed by atoms with Crippen LogP contribution in [0.1, 0.15) is 128 Å². The first-order chi connectivity index (χ1) is 37.2. The predicted octanol–water partition coefficient (Wildman–Crippen LogP) is 20.6. The molecule has 2 aliphatic carbocycles. The average molecular weight is 1020 g/mol. The molecule has 4 nitrogen and oxygen atoms in total. The first-order valence-electron chi connectivity index (χ1n) is 27.8. The minimum atomic E-state index is -0.757. The largest absolute Gasteiger partial charge is 0.455 e. The minimum Gasteiger partial charge on any atom is -0.455 e. The first kappa shape index (κ1) is 49.4. The molecule has 0 amide bonds. The summed E-state index contributed by atoms with van der Waals surface area (Å²) in [4.78, 5) is 9.79. The Kier molecular flexibility index (Phi) is 11.0. The molecular weight excluding hydrogens is 947 g/mol. The summed E-state index contributed by atoms with van der Waals surface area (Å²) in [5, 5.41) is 4.35. The molecule has 0 unspecified atom stereocenters. The van der Waals surface area contributed by atoms with Crippen molar-refractivity contribution < 1.29 is 4.42 Å². The molecule has 0 aliphatic heterocycles. The lowest BCUT2D eigenvalue weighted by atomic mass is 9.70. The number of rotatable bonds is 6. The van der Waals surface area contributed by atoms with Gasteiger partial charge in [0.2, 0.25) is 0 Å². The normalized spacial score (nSPS) is 13.7. The Balaban J connectivity index is 1.18. The highest BCUT2D eigenvalue weighted by molar-refractivity contribution is 6.23. The zero-order valence-corrected chi connectivity index (χ0v) is 47.3. The van der Waals surface area contributed by atoms with E-state index in [0.717, 1.165) is 67.0 Å². The molecule has 2 aromatic heterocycles. The van der Waals surface area contributed by atoms with Crippen LogP contribution in [-0.4, -0.2) is 4.98 Å². The van der Waals surface area contributed by atoms with Crippen LogP contribution in [0.5, 0.6) is 0 Å². The number of benzene rings is 9. The summed E-state index contributed by atoms with van der Waals surface area (Å²) in [6, 6.07) is 71.5. The zero-order valence-electron chi connectivity index (χ0n) is 47.3. The third-order valence-corrected chi connectivity index (χ3v) is 17.0. The van der Waals surface area contributed by atoms with Crippen molar-refractivity contribution in [3.05, 3.63) is 245 Å². The molecular formula is C74H69N3O. The number of pyridine rings is 1. The summed E-state index contributed by atoms with van der Waals surface area (Å²) in [6.45, 7) is 27.5. The molecule has 1 spiro atoms. The molecule has 0 atom stereocenters. The second-order valence-electron chi connectivity index (χ2n) is 26.1. The van der Waals surface area contributed by atoms with E-state index in [0.29, 0.717) is 0 Å². The van der Waals surface area contributed by atoms with Crippen LogP contribution in [0.4, 0.5) is 34.1 Å². The average Bonchev–Trinajstić information content (AvgIpc) is 2.35. The Morgan fingerprint density at radius 1 is 0.372 bits per heavy atom. The molecule has 0 N–H and O–H groups in total. The second kappa shape index (κ2) is 17.4. The molecule has 0 saturated heterocycles. The van der Waals surface area contributed by atoms with Crippen molar-refractivity contribution in [2.45, 2.75) is 110 Å². The van der Waals surface area contributed by atoms with Crippen LogP contribution in [0.3, 0.4) is 0 Å². The molecule has 13 rings (SSSR count). The van der Waals surface area contributed by atoms with E-state index in [9.17, 15) is 0 Å². The van der Waals surface area contributed by atoms with E-state index in [4.69, 9.17) is 9.40 Å². The Labute approximate surface area is 461 Å². The van der Waals surface area contributed by atoms with Crippen LogP contribution in [-0.2, 0) is 27.1 Å². The quantitative estimate of drug-likeness (QED) is 0.166. The van der Waals surface area contributed by atoms with E-state index in [1.165, 1.54) is 66.6 Å². The van der Waals surface area contributed by atoms with E-state index in [2.05, 4.69) is 275 Å². The van der Waals surface area contributed by atoms with Crippen molar-refractivity contribution in [1.29, 1.82) is 0 Å². The lowest BCUT2D eigenvalue weighted by Gasteiger charge is -2.34. The third-order valence-electron chi connectivity index (χ3n) is 17.0. The van der Waals surface area contributed by atoms with Gasteiger partial charge in [0.05, 0.1) is 22.2 Å². The maximum absolute atomic E-state index is 7.49. The fourth-order valence-electron chi connectivity index (χ4n) is 12.9. The van der Waals surface area contributed by atoms with Gasteiger partial charge in [-0.05, 0) is 155 Å². The molecule has 0 fully saturated rings. The van der Waals surface area contributed by atoms with Gasteiger partial charge in [0.25, 0.3) is 0 Å². The van der Waals surface area contributed by atoms with E-state index in [1.54, 1.807) is 0 Å². The Morgan fingerprint density at radius 2 is 0.756 bits per heavy atom. The smallest absolute Gasteiger partial charge is 0.145 e. The molecule has 2 heterocycles. The number of hydrogen-bond donors (Lipinski definition) is 0. The number of hydrogen-bond acceptors (Lipinski definition) is 4.